The van der Waals surface area contributed by atoms with E-state index in [9.17, 15) is 0 Å². The van der Waals surface area contributed by atoms with Gasteiger partial charge in [0, 0.05) is 0 Å². The van der Waals surface area contributed by atoms with Gasteiger partial charge in [0.15, 0.2) is 0 Å². The number of halogens is 12. The van der Waals surface area contributed by atoms with Gasteiger partial charge in [-0.2, -0.15) is 0 Å². The van der Waals surface area contributed by atoms with Gasteiger partial charge in [-0.05, 0) is 0 Å². The molecule has 2 saturated carbocycles. The third-order valence-corrected chi connectivity index (χ3v) is 11.7. The zero-order valence-electron chi connectivity index (χ0n) is 11.5. The van der Waals surface area contributed by atoms with Gasteiger partial charge in [0.25, 0.3) is 0 Å². The fourth-order valence-electron chi connectivity index (χ4n) is 2.11. The molecule has 0 bridgehead atoms. The van der Waals surface area contributed by atoms with Crippen molar-refractivity contribution < 1.29 is 0 Å². The lowest BCUT2D eigenvalue weighted by molar-refractivity contribution is 0.544. The molecule has 0 unspecified atom stereocenters. The molecule has 0 heterocycles. The van der Waals surface area contributed by atoms with Crippen LogP contribution in [-0.4, -0.2) is 64.5 Å². The number of hydrogen-bond donors (Lipinski definition) is 0. The Morgan fingerprint density at radius 3 is 0.250 bits per heavy atom. The average molecular weight is 582 g/mol. The van der Waals surface area contributed by atoms with Gasteiger partial charge in [-0.25, -0.2) is 0 Å². The molecule has 0 aromatic carbocycles. The fraction of sp³-hybridized carbons (Fsp3) is 1.00. The van der Waals surface area contributed by atoms with E-state index >= 15 is 0 Å². The van der Waals surface area contributed by atoms with Crippen LogP contribution in [-0.2, 0) is 0 Å². The minimum atomic E-state index is -0.437. The summed E-state index contributed by atoms with van der Waals surface area (Å²) < 4.78 is 0. The Hall–Kier alpha value is 3.48. The van der Waals surface area contributed by atoms with Gasteiger partial charge in [0.05, 0.1) is 64.5 Å². The molecule has 12 heteroatoms. The van der Waals surface area contributed by atoms with Crippen molar-refractivity contribution in [2.24, 2.45) is 0 Å². The van der Waals surface area contributed by atoms with Crippen LogP contribution < -0.4 is 0 Å². The van der Waals surface area contributed by atoms with Crippen molar-refractivity contribution in [3.63, 3.8) is 0 Å². The topological polar surface area (TPSA) is 0 Å². The molecule has 0 atom stereocenters. The highest BCUT2D eigenvalue weighted by Gasteiger charge is 2.47. The largest absolute Gasteiger partial charge is 0.120 e. The normalized spacial score (nSPS) is 55.5. The predicted molar refractivity (Wildman–Crippen MR) is 116 cm³/mol. The fourth-order valence-corrected chi connectivity index (χ4v) is 6.76. The molecule has 24 heavy (non-hydrogen) atoms. The standard InChI is InChI=1S/2C6H6Cl6/c2*7-1-2(8)4(10)6(12)5(11)3(1)9/h2*1-6H/t2*1-,2-,3-,4+,5+,6+. The predicted octanol–water partition coefficient (Wildman–Crippen LogP) is 7.29. The van der Waals surface area contributed by atoms with E-state index in [4.69, 9.17) is 139 Å². The van der Waals surface area contributed by atoms with Crippen LogP contribution in [0.15, 0.2) is 0 Å². The Labute approximate surface area is 201 Å². The van der Waals surface area contributed by atoms with E-state index in [0.29, 0.717) is 0 Å². The van der Waals surface area contributed by atoms with Gasteiger partial charge in [0.1, 0.15) is 0 Å². The van der Waals surface area contributed by atoms with Crippen molar-refractivity contribution in [2.75, 3.05) is 0 Å². The van der Waals surface area contributed by atoms with Gasteiger partial charge in [0.2, 0.25) is 0 Å². The van der Waals surface area contributed by atoms with Crippen LogP contribution in [0.1, 0.15) is 0 Å². The highest BCUT2D eigenvalue weighted by molar-refractivity contribution is 6.46. The summed E-state index contributed by atoms with van der Waals surface area (Å²) in [6, 6.07) is 0. The highest BCUT2D eigenvalue weighted by atomic mass is 35.5. The first-order valence-corrected chi connectivity index (χ1v) is 11.9. The molecule has 0 radical (unpaired) electrons. The third-order valence-electron chi connectivity index (χ3n) is 3.65. The first-order valence-electron chi connectivity index (χ1n) is 6.62. The SMILES string of the molecule is Cl[C@H]1[C@H](Cl)[C@@H](Cl)[C@@H](Cl)[C@H](Cl)[C@H]1Cl.Cl[C@H]1[C@H](Cl)[C@@H](Cl)[C@@H](Cl)[C@H](Cl)[C@H]1Cl. The lowest BCUT2D eigenvalue weighted by Crippen LogP contribution is -2.52. The molecule has 2 fully saturated rings. The molecule has 0 aromatic rings. The summed E-state index contributed by atoms with van der Waals surface area (Å²) in [6.07, 6.45) is 0. The van der Waals surface area contributed by atoms with Crippen LogP contribution in [0.3, 0.4) is 0 Å². The minimum absolute atomic E-state index is 0.437. The molecule has 144 valence electrons. The first-order chi connectivity index (χ1) is 10.9. The number of hydrogen-bond acceptors (Lipinski definition) is 0. The molecule has 2 rings (SSSR count). The number of rotatable bonds is 0. The summed E-state index contributed by atoms with van der Waals surface area (Å²) in [5.74, 6) is 0. The Morgan fingerprint density at radius 2 is 0.208 bits per heavy atom. The maximum absolute atomic E-state index is 5.88. The second-order valence-corrected chi connectivity index (χ2v) is 11.4. The van der Waals surface area contributed by atoms with Gasteiger partial charge >= 0.3 is 0 Å². The van der Waals surface area contributed by atoms with E-state index in [2.05, 4.69) is 0 Å². The lowest BCUT2D eigenvalue weighted by Gasteiger charge is -2.37. The number of alkyl halides is 12. The van der Waals surface area contributed by atoms with Crippen LogP contribution in [0.4, 0.5) is 0 Å². The van der Waals surface area contributed by atoms with Gasteiger partial charge < -0.3 is 0 Å². The molecule has 0 aliphatic heterocycles. The van der Waals surface area contributed by atoms with Crippen LogP contribution >= 0.6 is 139 Å². The summed E-state index contributed by atoms with van der Waals surface area (Å²) in [5.41, 5.74) is 0. The quantitative estimate of drug-likeness (QED) is 0.264. The molecule has 0 N–H and O–H groups in total. The smallest absolute Gasteiger partial charge is 0.0693 e. The van der Waals surface area contributed by atoms with Gasteiger partial charge in [-0.1, -0.05) is 0 Å². The Bertz CT molecular complexity index is 243. The Balaban J connectivity index is 0.000000240. The monoisotopic (exact) mass is 576 g/mol. The molecule has 2 aliphatic rings. The molecule has 0 aromatic heterocycles. The van der Waals surface area contributed by atoms with Crippen molar-refractivity contribution in [3.8, 4) is 0 Å². The zero-order chi connectivity index (χ0) is 18.9. The van der Waals surface area contributed by atoms with Crippen LogP contribution in [0.2, 0.25) is 0 Å². The van der Waals surface area contributed by atoms with Crippen molar-refractivity contribution in [3.05, 3.63) is 0 Å². The second-order valence-electron chi connectivity index (χ2n) is 5.33. The van der Waals surface area contributed by atoms with E-state index in [0.717, 1.165) is 0 Å². The van der Waals surface area contributed by atoms with Gasteiger partial charge in [-0.15, -0.1) is 139 Å². The van der Waals surface area contributed by atoms with Crippen LogP contribution in [0.5, 0.6) is 0 Å². The van der Waals surface area contributed by atoms with Crippen LogP contribution in [0.25, 0.3) is 0 Å². The van der Waals surface area contributed by atoms with Crippen molar-refractivity contribution in [1.29, 1.82) is 0 Å². The maximum atomic E-state index is 5.88. The van der Waals surface area contributed by atoms with Crippen molar-refractivity contribution in [1.82, 2.24) is 0 Å². The molecule has 0 spiro atoms. The first kappa shape index (κ1) is 25.5. The van der Waals surface area contributed by atoms with Crippen LogP contribution in [0, 0.1) is 0 Å². The zero-order valence-corrected chi connectivity index (χ0v) is 20.5. The summed E-state index contributed by atoms with van der Waals surface area (Å²) in [7, 11) is 0. The highest BCUT2D eigenvalue weighted by Crippen LogP contribution is 2.40. The molecule has 0 nitrogen and oxygen atoms in total. The Kier molecular flexibility index (Phi) is 11.7. The molecule has 2 aliphatic carbocycles. The summed E-state index contributed by atoms with van der Waals surface area (Å²) >= 11 is 70.6. The van der Waals surface area contributed by atoms with Gasteiger partial charge in [-0.3, -0.25) is 0 Å². The molecular weight excluding hydrogens is 570 g/mol. The van der Waals surface area contributed by atoms with E-state index in [-0.39, 0.29) is 0 Å². The molecular formula is C12H12Cl12. The van der Waals surface area contributed by atoms with E-state index in [1.165, 1.54) is 0 Å². The van der Waals surface area contributed by atoms with E-state index in [1.807, 2.05) is 0 Å². The van der Waals surface area contributed by atoms with E-state index < -0.39 is 64.5 Å². The molecule has 0 amide bonds. The summed E-state index contributed by atoms with van der Waals surface area (Å²) in [6.45, 7) is 0. The maximum Gasteiger partial charge on any atom is 0.0693 e. The van der Waals surface area contributed by atoms with Crippen molar-refractivity contribution >= 4 is 139 Å². The minimum Gasteiger partial charge on any atom is -0.120 e. The van der Waals surface area contributed by atoms with E-state index in [1.54, 1.807) is 0 Å². The second kappa shape index (κ2) is 11.0. The lowest BCUT2D eigenvalue weighted by atomic mass is 9.97. The summed E-state index contributed by atoms with van der Waals surface area (Å²) in [4.78, 5) is 0. The molecule has 0 saturated heterocycles. The summed E-state index contributed by atoms with van der Waals surface area (Å²) in [5, 5.41) is -5.24. The third kappa shape index (κ3) is 5.76. The Morgan fingerprint density at radius 1 is 0.167 bits per heavy atom. The van der Waals surface area contributed by atoms with Crippen molar-refractivity contribution in [2.45, 2.75) is 64.5 Å². The average Bonchev–Trinajstić information content (AvgIpc) is 2.58.